The molecular formula is C15H21NO2S. The first kappa shape index (κ1) is 14.4. The quantitative estimate of drug-likeness (QED) is 0.774. The van der Waals surface area contributed by atoms with Crippen LogP contribution in [0.25, 0.3) is 0 Å². The van der Waals surface area contributed by atoms with E-state index in [9.17, 15) is 4.79 Å². The Morgan fingerprint density at radius 1 is 1.32 bits per heavy atom. The van der Waals surface area contributed by atoms with E-state index in [1.807, 2.05) is 49.0 Å². The number of esters is 1. The number of carbonyl (C=O) groups is 1. The summed E-state index contributed by atoms with van der Waals surface area (Å²) in [5.41, 5.74) is 1.04. The average Bonchev–Trinajstić information content (AvgIpc) is 2.47. The van der Waals surface area contributed by atoms with Crippen LogP contribution in [-0.4, -0.2) is 42.0 Å². The second-order valence-electron chi connectivity index (χ2n) is 4.91. The van der Waals surface area contributed by atoms with Crippen molar-refractivity contribution in [3.8, 4) is 0 Å². The van der Waals surface area contributed by atoms with Crippen LogP contribution >= 0.6 is 11.8 Å². The Labute approximate surface area is 119 Å². The Morgan fingerprint density at radius 3 is 2.68 bits per heavy atom. The van der Waals surface area contributed by atoms with Gasteiger partial charge in [0.1, 0.15) is 6.61 Å². The number of hydrogen-bond donors (Lipinski definition) is 0. The molecule has 1 aromatic carbocycles. The molecule has 0 N–H and O–H groups in total. The molecule has 0 aliphatic carbocycles. The summed E-state index contributed by atoms with van der Waals surface area (Å²) in [6.07, 6.45) is 0. The van der Waals surface area contributed by atoms with Crippen molar-refractivity contribution in [3.63, 3.8) is 0 Å². The second kappa shape index (κ2) is 7.56. The van der Waals surface area contributed by atoms with Crippen molar-refractivity contribution in [1.82, 2.24) is 4.90 Å². The maximum absolute atomic E-state index is 11.9. The van der Waals surface area contributed by atoms with Gasteiger partial charge in [-0.3, -0.25) is 4.79 Å². The predicted molar refractivity (Wildman–Crippen MR) is 79.2 cm³/mol. The third-order valence-corrected chi connectivity index (χ3v) is 4.20. The lowest BCUT2D eigenvalue weighted by Gasteiger charge is -2.28. The van der Waals surface area contributed by atoms with Gasteiger partial charge in [-0.15, -0.1) is 0 Å². The summed E-state index contributed by atoms with van der Waals surface area (Å²) in [7, 11) is 0. The van der Waals surface area contributed by atoms with Crippen molar-refractivity contribution < 1.29 is 9.53 Å². The number of carbonyl (C=O) groups excluding carboxylic acids is 1. The summed E-state index contributed by atoms with van der Waals surface area (Å²) in [6, 6.07) is 9.82. The van der Waals surface area contributed by atoms with E-state index in [0.717, 1.165) is 25.2 Å². The average molecular weight is 279 g/mol. The highest BCUT2D eigenvalue weighted by Gasteiger charge is 2.19. The van der Waals surface area contributed by atoms with Gasteiger partial charge in [-0.2, -0.15) is 11.8 Å². The first-order valence-corrected chi connectivity index (χ1v) is 7.92. The maximum atomic E-state index is 11.9. The van der Waals surface area contributed by atoms with Gasteiger partial charge in [0.2, 0.25) is 0 Å². The van der Waals surface area contributed by atoms with Gasteiger partial charge in [-0.1, -0.05) is 37.3 Å². The van der Waals surface area contributed by atoms with Crippen molar-refractivity contribution in [2.45, 2.75) is 13.5 Å². The van der Waals surface area contributed by atoms with Crippen LogP contribution in [0.2, 0.25) is 0 Å². The molecule has 1 atom stereocenters. The predicted octanol–water partition coefficient (Wildman–Crippen LogP) is 2.41. The fourth-order valence-electron chi connectivity index (χ4n) is 2.12. The summed E-state index contributed by atoms with van der Waals surface area (Å²) >= 11 is 1.98. The van der Waals surface area contributed by atoms with Crippen molar-refractivity contribution in [2.75, 3.05) is 31.1 Å². The molecule has 0 saturated carbocycles. The van der Waals surface area contributed by atoms with E-state index in [-0.39, 0.29) is 11.9 Å². The van der Waals surface area contributed by atoms with E-state index in [2.05, 4.69) is 4.90 Å². The van der Waals surface area contributed by atoms with E-state index in [1.165, 1.54) is 11.5 Å². The zero-order chi connectivity index (χ0) is 13.5. The Morgan fingerprint density at radius 2 is 2.00 bits per heavy atom. The molecule has 2 rings (SSSR count). The van der Waals surface area contributed by atoms with Crippen molar-refractivity contribution >= 4 is 17.7 Å². The van der Waals surface area contributed by atoms with Crippen molar-refractivity contribution in [2.24, 2.45) is 5.92 Å². The fourth-order valence-corrected chi connectivity index (χ4v) is 3.10. The highest BCUT2D eigenvalue weighted by Crippen LogP contribution is 2.12. The van der Waals surface area contributed by atoms with Gasteiger partial charge < -0.3 is 9.64 Å². The fraction of sp³-hybridized carbons (Fsp3) is 0.533. The molecule has 0 bridgehead atoms. The van der Waals surface area contributed by atoms with Crippen molar-refractivity contribution in [1.29, 1.82) is 0 Å². The molecule has 104 valence electrons. The second-order valence-corrected chi connectivity index (χ2v) is 6.13. The number of rotatable bonds is 5. The minimum atomic E-state index is -0.0953. The Bertz CT molecular complexity index is 390. The first-order valence-electron chi connectivity index (χ1n) is 6.76. The number of ether oxygens (including phenoxy) is 1. The Kier molecular flexibility index (Phi) is 5.73. The largest absolute Gasteiger partial charge is 0.461 e. The van der Waals surface area contributed by atoms with Gasteiger partial charge in [-0.25, -0.2) is 0 Å². The van der Waals surface area contributed by atoms with E-state index >= 15 is 0 Å². The van der Waals surface area contributed by atoms with Crippen LogP contribution in [0.4, 0.5) is 0 Å². The van der Waals surface area contributed by atoms with Crippen LogP contribution in [0.3, 0.4) is 0 Å². The third-order valence-electron chi connectivity index (χ3n) is 3.26. The van der Waals surface area contributed by atoms with Crippen LogP contribution in [0.5, 0.6) is 0 Å². The molecule has 1 aliphatic heterocycles. The number of nitrogens with zero attached hydrogens (tertiary/aromatic N) is 1. The monoisotopic (exact) mass is 279 g/mol. The molecule has 0 spiro atoms. The van der Waals surface area contributed by atoms with Crippen LogP contribution < -0.4 is 0 Å². The molecular weight excluding hydrogens is 258 g/mol. The Balaban J connectivity index is 1.72. The lowest BCUT2D eigenvalue weighted by molar-refractivity contribution is -0.149. The van der Waals surface area contributed by atoms with E-state index < -0.39 is 0 Å². The number of thioether (sulfide) groups is 1. The highest BCUT2D eigenvalue weighted by atomic mass is 32.2. The van der Waals surface area contributed by atoms with Gasteiger partial charge in [0.25, 0.3) is 0 Å². The van der Waals surface area contributed by atoms with Crippen LogP contribution in [0.15, 0.2) is 30.3 Å². The SMILES string of the molecule is CC(CN1CCSCC1)C(=O)OCc1ccccc1. The van der Waals surface area contributed by atoms with Gasteiger partial charge in [-0.05, 0) is 5.56 Å². The molecule has 1 aliphatic rings. The van der Waals surface area contributed by atoms with Gasteiger partial charge in [0.05, 0.1) is 5.92 Å². The lowest BCUT2D eigenvalue weighted by Crippen LogP contribution is -2.38. The number of benzene rings is 1. The van der Waals surface area contributed by atoms with E-state index in [4.69, 9.17) is 4.74 Å². The third kappa shape index (κ3) is 4.88. The molecule has 0 amide bonds. The molecule has 0 radical (unpaired) electrons. The topological polar surface area (TPSA) is 29.5 Å². The summed E-state index contributed by atoms with van der Waals surface area (Å²) in [5, 5.41) is 0. The Hall–Kier alpha value is -1.00. The normalized spacial score (nSPS) is 17.9. The zero-order valence-electron chi connectivity index (χ0n) is 11.4. The standard InChI is InChI=1S/C15H21NO2S/c1-13(11-16-7-9-19-10-8-16)15(17)18-12-14-5-3-2-4-6-14/h2-6,13H,7-12H2,1H3. The molecule has 4 heteroatoms. The van der Waals surface area contributed by atoms with Gasteiger partial charge in [0, 0.05) is 31.1 Å². The molecule has 1 unspecified atom stereocenters. The minimum absolute atomic E-state index is 0.0492. The van der Waals surface area contributed by atoms with Crippen LogP contribution in [0.1, 0.15) is 12.5 Å². The molecule has 0 aromatic heterocycles. The molecule has 3 nitrogen and oxygen atoms in total. The summed E-state index contributed by atoms with van der Waals surface area (Å²) in [4.78, 5) is 14.3. The van der Waals surface area contributed by atoms with Crippen LogP contribution in [-0.2, 0) is 16.1 Å². The summed E-state index contributed by atoms with van der Waals surface area (Å²) in [5.74, 6) is 2.20. The molecule has 1 heterocycles. The van der Waals surface area contributed by atoms with Gasteiger partial charge >= 0.3 is 5.97 Å². The highest BCUT2D eigenvalue weighted by molar-refractivity contribution is 7.99. The number of hydrogen-bond acceptors (Lipinski definition) is 4. The summed E-state index contributed by atoms with van der Waals surface area (Å²) in [6.45, 7) is 5.31. The molecule has 1 fully saturated rings. The van der Waals surface area contributed by atoms with Gasteiger partial charge in [0.15, 0.2) is 0 Å². The maximum Gasteiger partial charge on any atom is 0.310 e. The summed E-state index contributed by atoms with van der Waals surface area (Å²) < 4.78 is 5.36. The molecule has 1 aromatic rings. The lowest BCUT2D eigenvalue weighted by atomic mass is 10.1. The first-order chi connectivity index (χ1) is 9.25. The molecule has 19 heavy (non-hydrogen) atoms. The van der Waals surface area contributed by atoms with Crippen LogP contribution in [0, 0.1) is 5.92 Å². The van der Waals surface area contributed by atoms with E-state index in [1.54, 1.807) is 0 Å². The zero-order valence-corrected chi connectivity index (χ0v) is 12.2. The van der Waals surface area contributed by atoms with Crippen molar-refractivity contribution in [3.05, 3.63) is 35.9 Å². The smallest absolute Gasteiger partial charge is 0.310 e. The minimum Gasteiger partial charge on any atom is -0.461 e. The molecule has 1 saturated heterocycles. The van der Waals surface area contributed by atoms with E-state index in [0.29, 0.717) is 6.61 Å².